The molecule has 3 heteroatoms. The maximum Gasteiger partial charge on any atom is 1.00 e. The Morgan fingerprint density at radius 1 is 1.00 bits per heavy atom. The Morgan fingerprint density at radius 2 is 1.29 bits per heavy atom. The van der Waals surface area contributed by atoms with Crippen LogP contribution >= 0.6 is 0 Å². The van der Waals surface area contributed by atoms with Crippen LogP contribution in [0.25, 0.3) is 0 Å². The predicted octanol–water partition coefficient (Wildman–Crippen LogP) is -3.47. The van der Waals surface area contributed by atoms with Gasteiger partial charge in [-0.25, -0.2) is 0 Å². The van der Waals surface area contributed by atoms with Crippen LogP contribution in [0.2, 0.25) is 0 Å². The largest absolute Gasteiger partial charge is 1.00 e. The fourth-order valence-corrected chi connectivity index (χ4v) is 0.149. The molecule has 0 aromatic carbocycles. The molecule has 0 aliphatic heterocycles. The smallest absolute Gasteiger partial charge is 0.392 e. The average Bonchev–Trinajstić information content (AvgIpc) is 1.61. The van der Waals surface area contributed by atoms with Crippen molar-refractivity contribution in [3.8, 4) is 0 Å². The Balaban J connectivity index is 0. The number of rotatable bonds is 2. The zero-order valence-electron chi connectivity index (χ0n) is 4.46. The minimum Gasteiger partial charge on any atom is -0.392 e. The molecule has 0 aromatic heterocycles. The first-order valence-corrected chi connectivity index (χ1v) is 1.78. The summed E-state index contributed by atoms with van der Waals surface area (Å²) in [6.45, 7) is 0.0289. The van der Waals surface area contributed by atoms with Gasteiger partial charge in [0.2, 0.25) is 0 Å². The van der Waals surface area contributed by atoms with E-state index in [2.05, 4.69) is 0 Å². The fourth-order valence-electron chi connectivity index (χ4n) is 0.149. The van der Waals surface area contributed by atoms with Gasteiger partial charge in [-0.15, -0.1) is 0 Å². The van der Waals surface area contributed by atoms with Crippen molar-refractivity contribution in [1.82, 2.24) is 0 Å². The first-order valence-electron chi connectivity index (χ1n) is 1.78. The molecule has 0 spiro atoms. The molecule has 0 aliphatic rings. The maximum absolute atomic E-state index is 8.00. The Bertz CT molecular complexity index is 39.0. The Labute approximate surface area is 65.1 Å². The van der Waals surface area contributed by atoms with Crippen LogP contribution in [-0.2, 0) is 0 Å². The van der Waals surface area contributed by atoms with Gasteiger partial charge in [0.1, 0.15) is 0 Å². The second-order valence-corrected chi connectivity index (χ2v) is 0.837. The number of aliphatic hydroxyl groups is 2. The molecule has 0 radical (unpaired) electrons. The van der Waals surface area contributed by atoms with Crippen LogP contribution in [0.3, 0.4) is 0 Å². The SMILES string of the molecule is OC/C=C/CO.[Na+]. The third-order valence-corrected chi connectivity index (χ3v) is 0.377. The van der Waals surface area contributed by atoms with Gasteiger partial charge in [-0.1, -0.05) is 12.2 Å². The van der Waals surface area contributed by atoms with Gasteiger partial charge in [-0.2, -0.15) is 0 Å². The Morgan fingerprint density at radius 3 is 1.43 bits per heavy atom. The third kappa shape index (κ3) is 10.8. The molecule has 0 unspecified atom stereocenters. The number of hydrogen-bond donors (Lipinski definition) is 2. The van der Waals surface area contributed by atoms with Crippen molar-refractivity contribution >= 4 is 0 Å². The second-order valence-electron chi connectivity index (χ2n) is 0.837. The first kappa shape index (κ1) is 10.6. The van der Waals surface area contributed by atoms with E-state index in [9.17, 15) is 0 Å². The van der Waals surface area contributed by atoms with E-state index in [-0.39, 0.29) is 42.8 Å². The molecule has 0 amide bonds. The molecule has 7 heavy (non-hydrogen) atoms. The fraction of sp³-hybridized carbons (Fsp3) is 0.500. The van der Waals surface area contributed by atoms with Crippen LogP contribution in [0.5, 0.6) is 0 Å². The van der Waals surface area contributed by atoms with Gasteiger partial charge in [0.15, 0.2) is 0 Å². The molecule has 2 nitrogen and oxygen atoms in total. The normalized spacial score (nSPS) is 8.86. The summed E-state index contributed by atoms with van der Waals surface area (Å²) in [7, 11) is 0. The summed E-state index contributed by atoms with van der Waals surface area (Å²) in [5.41, 5.74) is 0. The van der Waals surface area contributed by atoms with Crippen LogP contribution in [0, 0.1) is 0 Å². The van der Waals surface area contributed by atoms with Gasteiger partial charge in [0, 0.05) is 0 Å². The summed E-state index contributed by atoms with van der Waals surface area (Å²) in [6, 6.07) is 0. The molecule has 0 aromatic rings. The predicted molar refractivity (Wildman–Crippen MR) is 23.3 cm³/mol. The summed E-state index contributed by atoms with van der Waals surface area (Å²) < 4.78 is 0. The van der Waals surface area contributed by atoms with Crippen molar-refractivity contribution in [2.24, 2.45) is 0 Å². The van der Waals surface area contributed by atoms with Gasteiger partial charge in [-0.05, 0) is 0 Å². The molecular formula is C4H8NaO2+. The summed E-state index contributed by atoms with van der Waals surface area (Å²) in [5.74, 6) is 0. The van der Waals surface area contributed by atoms with Gasteiger partial charge in [0.05, 0.1) is 13.2 Å². The molecule has 36 valence electrons. The third-order valence-electron chi connectivity index (χ3n) is 0.377. The van der Waals surface area contributed by atoms with Gasteiger partial charge >= 0.3 is 29.6 Å². The van der Waals surface area contributed by atoms with E-state index < -0.39 is 0 Å². The van der Waals surface area contributed by atoms with E-state index in [0.29, 0.717) is 0 Å². The van der Waals surface area contributed by atoms with Crippen LogP contribution in [-0.4, -0.2) is 23.4 Å². The standard InChI is InChI=1S/C4H8O2.Na/c5-3-1-2-4-6;/h1-2,5-6H,3-4H2;/q;+1/b2-1+;. The molecule has 0 heterocycles. The second kappa shape index (κ2) is 9.83. The van der Waals surface area contributed by atoms with Crippen molar-refractivity contribution in [2.75, 3.05) is 13.2 Å². The van der Waals surface area contributed by atoms with E-state index >= 15 is 0 Å². The molecule has 0 rings (SSSR count). The van der Waals surface area contributed by atoms with Crippen molar-refractivity contribution in [1.29, 1.82) is 0 Å². The summed E-state index contributed by atoms with van der Waals surface area (Å²) in [5, 5.41) is 16.0. The Hall–Kier alpha value is 0.660. The zero-order chi connectivity index (χ0) is 4.83. The monoisotopic (exact) mass is 111 g/mol. The van der Waals surface area contributed by atoms with E-state index in [1.54, 1.807) is 0 Å². The van der Waals surface area contributed by atoms with Crippen LogP contribution in [0.15, 0.2) is 12.2 Å². The van der Waals surface area contributed by atoms with Crippen molar-refractivity contribution in [2.45, 2.75) is 0 Å². The zero-order valence-corrected chi connectivity index (χ0v) is 6.46. The van der Waals surface area contributed by atoms with Crippen molar-refractivity contribution < 1.29 is 39.8 Å². The van der Waals surface area contributed by atoms with Crippen LogP contribution in [0.4, 0.5) is 0 Å². The minimum atomic E-state index is 0. The summed E-state index contributed by atoms with van der Waals surface area (Å²) >= 11 is 0. The quantitative estimate of drug-likeness (QED) is 0.287. The van der Waals surface area contributed by atoms with Gasteiger partial charge in [0.25, 0.3) is 0 Å². The van der Waals surface area contributed by atoms with Gasteiger partial charge < -0.3 is 10.2 Å². The maximum atomic E-state index is 8.00. The molecule has 0 bridgehead atoms. The molecule has 0 saturated heterocycles. The van der Waals surface area contributed by atoms with E-state index in [1.807, 2.05) is 0 Å². The molecule has 0 aliphatic carbocycles. The molecular weight excluding hydrogens is 103 g/mol. The molecule has 0 fully saturated rings. The number of aliphatic hydroxyl groups excluding tert-OH is 2. The molecule has 0 saturated carbocycles. The van der Waals surface area contributed by atoms with E-state index in [4.69, 9.17) is 10.2 Å². The summed E-state index contributed by atoms with van der Waals surface area (Å²) in [6.07, 6.45) is 2.97. The van der Waals surface area contributed by atoms with Gasteiger partial charge in [-0.3, -0.25) is 0 Å². The summed E-state index contributed by atoms with van der Waals surface area (Å²) in [4.78, 5) is 0. The van der Waals surface area contributed by atoms with Crippen molar-refractivity contribution in [3.05, 3.63) is 12.2 Å². The van der Waals surface area contributed by atoms with E-state index in [1.165, 1.54) is 12.2 Å². The van der Waals surface area contributed by atoms with Crippen LogP contribution in [0.1, 0.15) is 0 Å². The topological polar surface area (TPSA) is 40.5 Å². The number of hydrogen-bond acceptors (Lipinski definition) is 2. The van der Waals surface area contributed by atoms with Crippen molar-refractivity contribution in [3.63, 3.8) is 0 Å². The Kier molecular flexibility index (Phi) is 14.9. The first-order chi connectivity index (χ1) is 2.91. The molecule has 0 atom stereocenters. The van der Waals surface area contributed by atoms with Crippen LogP contribution < -0.4 is 29.6 Å². The minimum absolute atomic E-state index is 0. The van der Waals surface area contributed by atoms with E-state index in [0.717, 1.165) is 0 Å². The average molecular weight is 111 g/mol. The molecule has 2 N–H and O–H groups in total.